The molecule has 4 rings (SSSR count). The molecule has 240 valence electrons. The summed E-state index contributed by atoms with van der Waals surface area (Å²) in [5.74, 6) is -0.116. The number of nitro groups is 1. The second kappa shape index (κ2) is 15.4. The Kier molecular flexibility index (Phi) is 11.6. The fraction of sp³-hybridized carbons (Fsp3) is 0.371. The van der Waals surface area contributed by atoms with E-state index >= 15 is 0 Å². The average Bonchev–Trinajstić information content (AvgIpc) is 3.51. The minimum Gasteiger partial charge on any atom is -0.386 e. The Morgan fingerprint density at radius 3 is 1.91 bits per heavy atom. The van der Waals surface area contributed by atoms with Gasteiger partial charge in [0.1, 0.15) is 0 Å². The van der Waals surface area contributed by atoms with E-state index in [0.29, 0.717) is 18.1 Å². The maximum atomic E-state index is 13.1. The zero-order chi connectivity index (χ0) is 32.3. The van der Waals surface area contributed by atoms with E-state index in [-0.39, 0.29) is 11.6 Å². The molecule has 0 saturated heterocycles. The number of aliphatic hydroxyl groups is 1. The maximum Gasteiger partial charge on any atom is 0.269 e. The van der Waals surface area contributed by atoms with Gasteiger partial charge in [-0.2, -0.15) is 0 Å². The smallest absolute Gasteiger partial charge is 0.269 e. The van der Waals surface area contributed by atoms with E-state index in [1.54, 1.807) is 11.6 Å². The molecule has 0 radical (unpaired) electrons. The number of benzene rings is 3. The number of non-ortho nitro benzene ring substituents is 1. The van der Waals surface area contributed by atoms with Gasteiger partial charge in [-0.05, 0) is 24.6 Å². The third kappa shape index (κ3) is 8.03. The van der Waals surface area contributed by atoms with Gasteiger partial charge < -0.3 is 5.11 Å². The van der Waals surface area contributed by atoms with Gasteiger partial charge in [0, 0.05) is 12.1 Å². The summed E-state index contributed by atoms with van der Waals surface area (Å²) in [6.45, 7) is -2.01. The molecule has 1 amide bonds. The number of aliphatic hydroxyl groups excluding tert-OH is 1. The van der Waals surface area contributed by atoms with Crippen molar-refractivity contribution in [1.82, 2.24) is 15.1 Å². The van der Waals surface area contributed by atoms with Gasteiger partial charge in [-0.3, -0.25) is 10.1 Å². The van der Waals surface area contributed by atoms with Crippen LogP contribution in [-0.2, 0) is 11.8 Å². The fourth-order valence-corrected chi connectivity index (χ4v) is 10.9. The second-order valence-corrected chi connectivity index (χ2v) is 16.4. The van der Waals surface area contributed by atoms with E-state index in [9.17, 15) is 24.9 Å². The van der Waals surface area contributed by atoms with Gasteiger partial charge in [-0.15, -0.1) is 0 Å². The van der Waals surface area contributed by atoms with Crippen molar-refractivity contribution in [1.29, 1.82) is 0 Å². The number of carbonyl (C=O) groups is 1. The number of amides is 1. The molecule has 4 aromatic rings. The molecule has 0 bridgehead atoms. The number of aryl methyl sites for hydroxylation is 1. The van der Waals surface area contributed by atoms with Crippen LogP contribution < -0.4 is 21.2 Å². The zero-order valence-electron chi connectivity index (χ0n) is 26.2. The molecule has 0 fully saturated rings. The van der Waals surface area contributed by atoms with Crippen LogP contribution in [0.1, 0.15) is 70.0 Å². The van der Waals surface area contributed by atoms with E-state index in [1.807, 2.05) is 80.1 Å². The molecule has 0 aliphatic carbocycles. The van der Waals surface area contributed by atoms with Gasteiger partial charge in [-0.25, -0.2) is 0 Å². The monoisotopic (exact) mass is 632 g/mol. The van der Waals surface area contributed by atoms with Crippen molar-refractivity contribution in [3.63, 3.8) is 0 Å². The third-order valence-corrected chi connectivity index (χ3v) is 14.0. The number of nitrogens with zero attached hydrogens (tertiary/aromatic N) is 3. The van der Waals surface area contributed by atoms with Crippen molar-refractivity contribution in [2.45, 2.75) is 70.4 Å². The molecule has 1 heterocycles. The van der Waals surface area contributed by atoms with E-state index in [0.717, 1.165) is 60.9 Å². The Bertz CT molecular complexity index is 1490. The van der Waals surface area contributed by atoms with Gasteiger partial charge in [-0.1, -0.05) is 0 Å². The molecule has 1 aromatic heterocycles. The summed E-state index contributed by atoms with van der Waals surface area (Å²) < 4.78 is 1.76. The Hall–Kier alpha value is -3.91. The largest absolute Gasteiger partial charge is 0.386 e. The number of unbranched alkanes of at least 4 members (excludes halogenated alkanes) is 6. The Labute approximate surface area is 265 Å². The first kappa shape index (κ1) is 34.0. The number of nitro benzene ring substituents is 1. The van der Waals surface area contributed by atoms with Crippen LogP contribution in [0.3, 0.4) is 0 Å². The molecule has 0 aliphatic heterocycles. The first-order valence-electron chi connectivity index (χ1n) is 15.7. The standard InChI is InChI=1S/C35H45N4O5P/c1-28(35(41)29-21-23-30(24-22-29)39(42)43)37-34(40)20-14-6-4-3-5-7-15-25-45(44,31-16-10-8-11-17-31,32-18-12-9-13-19-32)33-26-36-38(2)27-33/h8-13,16-19,21-24,26-28,35,41,44H,3-7,14-15,20,25H2,1-2H3,(H,37,40)/t28-,35+/m1/s1. The van der Waals surface area contributed by atoms with E-state index in [2.05, 4.69) is 10.4 Å². The van der Waals surface area contributed by atoms with Gasteiger partial charge in [0.25, 0.3) is 5.69 Å². The van der Waals surface area contributed by atoms with Crippen LogP contribution in [0.15, 0.2) is 97.3 Å². The van der Waals surface area contributed by atoms with Crippen molar-refractivity contribution in [2.24, 2.45) is 7.05 Å². The van der Waals surface area contributed by atoms with Crippen LogP contribution >= 0.6 is 6.83 Å². The van der Waals surface area contributed by atoms with Crippen molar-refractivity contribution in [2.75, 3.05) is 6.16 Å². The number of carbonyl (C=O) groups excluding carboxylic acids is 1. The van der Waals surface area contributed by atoms with Crippen LogP contribution in [0, 0.1) is 10.1 Å². The molecule has 9 nitrogen and oxygen atoms in total. The minimum absolute atomic E-state index is 0.0427. The first-order chi connectivity index (χ1) is 21.6. The van der Waals surface area contributed by atoms with Crippen LogP contribution in [0.4, 0.5) is 5.69 Å². The number of aromatic nitrogens is 2. The Balaban J connectivity index is 1.23. The molecule has 0 aliphatic rings. The molecule has 45 heavy (non-hydrogen) atoms. The van der Waals surface area contributed by atoms with Crippen LogP contribution in [0.5, 0.6) is 0 Å². The maximum absolute atomic E-state index is 13.1. The summed E-state index contributed by atoms with van der Waals surface area (Å²) in [6.07, 6.45) is 10.6. The summed E-state index contributed by atoms with van der Waals surface area (Å²) in [6, 6.07) is 25.3. The molecule has 10 heteroatoms. The van der Waals surface area contributed by atoms with Crippen LogP contribution in [0.2, 0.25) is 0 Å². The van der Waals surface area contributed by atoms with Crippen molar-refractivity contribution in [3.05, 3.63) is 113 Å². The fourth-order valence-electron chi connectivity index (χ4n) is 6.07. The van der Waals surface area contributed by atoms with Gasteiger partial charge in [0.2, 0.25) is 0 Å². The summed E-state index contributed by atoms with van der Waals surface area (Å²) in [5, 5.41) is 31.5. The van der Waals surface area contributed by atoms with E-state index in [1.165, 1.54) is 24.3 Å². The molecule has 0 unspecified atom stereocenters. The van der Waals surface area contributed by atoms with Crippen molar-refractivity contribution < 1.29 is 19.7 Å². The van der Waals surface area contributed by atoms with Crippen molar-refractivity contribution in [3.8, 4) is 0 Å². The molecular weight excluding hydrogens is 587 g/mol. The molecule has 3 aromatic carbocycles. The normalized spacial score (nSPS) is 13.8. The predicted molar refractivity (Wildman–Crippen MR) is 182 cm³/mol. The third-order valence-electron chi connectivity index (χ3n) is 8.68. The quantitative estimate of drug-likeness (QED) is 0.0617. The number of hydrogen-bond acceptors (Lipinski definition) is 6. The minimum atomic E-state index is -3.74. The molecule has 2 atom stereocenters. The summed E-state index contributed by atoms with van der Waals surface area (Å²) in [7, 11) is 1.89. The number of hydrogen-bond donors (Lipinski definition) is 3. The number of nitrogens with one attached hydrogen (secondary N) is 1. The van der Waals surface area contributed by atoms with Gasteiger partial charge in [0.05, 0.1) is 11.0 Å². The van der Waals surface area contributed by atoms with Gasteiger partial charge in [0.15, 0.2) is 0 Å². The zero-order valence-corrected chi connectivity index (χ0v) is 27.1. The Morgan fingerprint density at radius 2 is 1.40 bits per heavy atom. The Morgan fingerprint density at radius 1 is 0.867 bits per heavy atom. The summed E-state index contributed by atoms with van der Waals surface area (Å²) >= 11 is 0. The van der Waals surface area contributed by atoms with E-state index in [4.69, 9.17) is 0 Å². The first-order valence-corrected chi connectivity index (χ1v) is 18.1. The molecular formula is C35H45N4O5P. The van der Waals surface area contributed by atoms with Crippen molar-refractivity contribution >= 4 is 34.3 Å². The molecule has 0 spiro atoms. The van der Waals surface area contributed by atoms with Crippen LogP contribution in [-0.4, -0.2) is 42.8 Å². The van der Waals surface area contributed by atoms with Crippen LogP contribution in [0.25, 0.3) is 0 Å². The molecule has 3 N–H and O–H groups in total. The number of rotatable bonds is 17. The predicted octanol–water partition coefficient (Wildman–Crippen LogP) is 5.42. The topological polar surface area (TPSA) is 131 Å². The summed E-state index contributed by atoms with van der Waals surface area (Å²) in [5.41, 5.74) is 0.479. The van der Waals surface area contributed by atoms with Gasteiger partial charge >= 0.3 is 197 Å². The van der Waals surface area contributed by atoms with E-state index < -0.39 is 23.9 Å². The SMILES string of the molecule is C[C@@H](NC(=O)CCCCCCCCCP(O)(c1ccccc1)(c1ccccc1)c1cnn(C)c1)[C@H](O)c1ccc([N+](=O)[O-])cc1. The second-order valence-electron chi connectivity index (χ2n) is 11.9. The average molecular weight is 633 g/mol. The summed E-state index contributed by atoms with van der Waals surface area (Å²) in [4.78, 5) is 35.9. The molecule has 0 saturated carbocycles.